The van der Waals surface area contributed by atoms with Gasteiger partial charge in [-0.1, -0.05) is 11.6 Å². The molecule has 0 amide bonds. The fraction of sp³-hybridized carbons (Fsp3) is 0.273. The summed E-state index contributed by atoms with van der Waals surface area (Å²) >= 11 is 5.81. The van der Waals surface area contributed by atoms with Crippen molar-refractivity contribution in [2.24, 2.45) is 4.99 Å². The molecule has 0 unspecified atom stereocenters. The summed E-state index contributed by atoms with van der Waals surface area (Å²) in [6, 6.07) is 2.32. The molecule has 1 rings (SSSR count). The molecule has 9 heteroatoms. The Morgan fingerprint density at radius 2 is 2.00 bits per heavy atom. The van der Waals surface area contributed by atoms with Gasteiger partial charge in [-0.25, -0.2) is 0 Å². The smallest absolute Gasteiger partial charge is 0.861 e. The molecule has 6 nitrogen and oxygen atoms in total. The van der Waals surface area contributed by atoms with Crippen molar-refractivity contribution in [3.05, 3.63) is 22.7 Å². The molecule has 0 aliphatic carbocycles. The number of aliphatic imine (C=N–C) groups is 1. The van der Waals surface area contributed by atoms with E-state index in [1.54, 1.807) is 0 Å². The molecule has 0 saturated heterocycles. The van der Waals surface area contributed by atoms with E-state index in [1.165, 1.54) is 19.9 Å². The molecule has 0 atom stereocenters. The number of carbonyl (C=O) groups is 1. The van der Waals surface area contributed by atoms with E-state index >= 15 is 0 Å². The summed E-state index contributed by atoms with van der Waals surface area (Å²) in [6.07, 6.45) is -0.448. The Morgan fingerprint density at radius 1 is 1.45 bits per heavy atom. The summed E-state index contributed by atoms with van der Waals surface area (Å²) < 4.78 is 31.5. The summed E-state index contributed by atoms with van der Waals surface area (Å²) in [7, 11) is -4.54. The van der Waals surface area contributed by atoms with Crippen LogP contribution < -0.4 is 24.0 Å². The number of Topliss-reactive ketones (excluding diaryl/α,β-unsaturated/α-hetero) is 1. The van der Waals surface area contributed by atoms with Gasteiger partial charge in [0.15, 0.2) is 0 Å². The molecule has 0 saturated carbocycles. The van der Waals surface area contributed by atoms with Gasteiger partial charge in [0.25, 0.3) is 10.1 Å². The Balaban J connectivity index is 0.00000361. The van der Waals surface area contributed by atoms with E-state index in [-0.39, 0.29) is 35.1 Å². The zero-order chi connectivity index (χ0) is 14.8. The Hall–Kier alpha value is -0.843. The van der Waals surface area contributed by atoms with Gasteiger partial charge in [-0.2, -0.15) is 8.42 Å². The van der Waals surface area contributed by atoms with Crippen molar-refractivity contribution in [2.45, 2.75) is 25.2 Å². The maximum Gasteiger partial charge on any atom is 1.00 e. The molecular weight excluding hydrogens is 301 g/mol. The van der Waals surface area contributed by atoms with Crippen LogP contribution in [0.1, 0.15) is 18.9 Å². The number of carbonyl (C=O) groups excluding carboxylic acids is 1. The molecule has 0 fully saturated rings. The van der Waals surface area contributed by atoms with E-state index in [9.17, 15) is 18.3 Å². The van der Waals surface area contributed by atoms with Crippen LogP contribution in [0.2, 0.25) is 5.02 Å². The van der Waals surface area contributed by atoms with Crippen LogP contribution in [0.5, 0.6) is 0 Å². The first-order valence-corrected chi connectivity index (χ1v) is 6.95. The third-order valence-electron chi connectivity index (χ3n) is 2.24. The average molecular weight is 312 g/mol. The Kier molecular flexibility index (Phi) is 6.94. The first kappa shape index (κ1) is 19.2. The van der Waals surface area contributed by atoms with Crippen LogP contribution >= 0.6 is 11.6 Å². The van der Waals surface area contributed by atoms with Gasteiger partial charge in [-0.05, 0) is 37.4 Å². The van der Waals surface area contributed by atoms with Gasteiger partial charge in [0.2, 0.25) is 0 Å². The minimum Gasteiger partial charge on any atom is -0.861 e. The Morgan fingerprint density at radius 3 is 2.45 bits per heavy atom. The van der Waals surface area contributed by atoms with Gasteiger partial charge in [0, 0.05) is 11.4 Å². The van der Waals surface area contributed by atoms with E-state index in [0.29, 0.717) is 0 Å². The molecular formula is C11H11ClLiNO5S. The van der Waals surface area contributed by atoms with Crippen LogP contribution in [0.25, 0.3) is 0 Å². The van der Waals surface area contributed by atoms with Gasteiger partial charge in [0.1, 0.15) is 10.7 Å². The molecule has 0 bridgehead atoms. The summed E-state index contributed by atoms with van der Waals surface area (Å²) in [6.45, 7) is 2.67. The number of hydrogen-bond acceptors (Lipinski definition) is 5. The molecule has 1 aromatic rings. The predicted octanol–water partition coefficient (Wildman–Crippen LogP) is -1.73. The van der Waals surface area contributed by atoms with Crippen molar-refractivity contribution in [3.8, 4) is 0 Å². The molecule has 20 heavy (non-hydrogen) atoms. The van der Waals surface area contributed by atoms with Gasteiger partial charge in [-0.3, -0.25) is 14.3 Å². The van der Waals surface area contributed by atoms with Crippen LogP contribution in [0.3, 0.4) is 0 Å². The molecule has 104 valence electrons. The van der Waals surface area contributed by atoms with Gasteiger partial charge < -0.3 is 5.11 Å². The minimum absolute atomic E-state index is 0. The second kappa shape index (κ2) is 7.25. The van der Waals surface area contributed by atoms with Crippen molar-refractivity contribution in [2.75, 3.05) is 0 Å². The number of nitrogens with zero attached hydrogens (tertiary/aromatic N) is 1. The van der Waals surface area contributed by atoms with E-state index in [2.05, 4.69) is 4.99 Å². The number of ketones is 1. The molecule has 0 radical (unpaired) electrons. The SMILES string of the molecule is CC(=O)CC([O-])=Nc1c(S(=O)(=O)O)ccc(Cl)c1C.[Li+]. The van der Waals surface area contributed by atoms with Crippen LogP contribution in [-0.2, 0) is 14.9 Å². The second-order valence-corrected chi connectivity index (χ2v) is 5.68. The summed E-state index contributed by atoms with van der Waals surface area (Å²) in [5, 5.41) is 11.7. The van der Waals surface area contributed by atoms with Gasteiger partial charge in [-0.15, -0.1) is 0 Å². The summed E-state index contributed by atoms with van der Waals surface area (Å²) in [4.78, 5) is 13.8. The van der Waals surface area contributed by atoms with E-state index in [1.807, 2.05) is 0 Å². The van der Waals surface area contributed by atoms with Crippen molar-refractivity contribution in [1.82, 2.24) is 0 Å². The monoisotopic (exact) mass is 311 g/mol. The predicted molar refractivity (Wildman–Crippen MR) is 68.4 cm³/mol. The normalized spacial score (nSPS) is 11.9. The Bertz CT molecular complexity index is 657. The molecule has 0 spiro atoms. The number of hydrogen-bond donors (Lipinski definition) is 1. The minimum atomic E-state index is -4.54. The maximum atomic E-state index is 11.5. The van der Waals surface area contributed by atoms with Gasteiger partial charge in [0.05, 0.1) is 5.69 Å². The molecule has 1 N–H and O–H groups in total. The fourth-order valence-electron chi connectivity index (χ4n) is 1.37. The molecule has 1 aromatic carbocycles. The second-order valence-electron chi connectivity index (χ2n) is 3.88. The van der Waals surface area contributed by atoms with Crippen LogP contribution in [-0.4, -0.2) is 24.7 Å². The zero-order valence-electron chi connectivity index (χ0n) is 11.2. The quantitative estimate of drug-likeness (QED) is 0.308. The summed E-state index contributed by atoms with van der Waals surface area (Å²) in [5.41, 5.74) is -0.0186. The maximum absolute atomic E-state index is 11.5. The van der Waals surface area contributed by atoms with Gasteiger partial charge >= 0.3 is 18.9 Å². The zero-order valence-corrected chi connectivity index (χ0v) is 12.7. The van der Waals surface area contributed by atoms with E-state index in [4.69, 9.17) is 16.2 Å². The van der Waals surface area contributed by atoms with E-state index in [0.717, 1.165) is 6.07 Å². The third kappa shape index (κ3) is 4.93. The molecule has 0 aliphatic heterocycles. The largest absolute Gasteiger partial charge is 1.00 e. The first-order chi connectivity index (χ1) is 8.62. The van der Waals surface area contributed by atoms with E-state index < -0.39 is 33.1 Å². The molecule has 0 heterocycles. The first-order valence-electron chi connectivity index (χ1n) is 5.13. The number of rotatable bonds is 4. The number of benzene rings is 1. The van der Waals surface area contributed by atoms with Crippen molar-refractivity contribution < 1.29 is 41.7 Å². The molecule has 0 aliphatic rings. The topological polar surface area (TPSA) is 107 Å². The number of halogens is 1. The average Bonchev–Trinajstić information content (AvgIpc) is 2.22. The third-order valence-corrected chi connectivity index (χ3v) is 3.54. The van der Waals surface area contributed by atoms with Crippen LogP contribution in [0, 0.1) is 6.92 Å². The molecule has 0 aromatic heterocycles. The Labute approximate surface area is 133 Å². The standard InChI is InChI=1S/C11H12ClNO5S.Li/c1-6(14)5-10(15)13-11-7(2)8(12)3-4-9(11)19(16,17)18;/h3-4H,5H2,1-2H3,(H,13,15)(H,16,17,18);/q;+1/p-1. The fourth-order valence-corrected chi connectivity index (χ4v) is 2.21. The van der Waals surface area contributed by atoms with Crippen LogP contribution in [0.4, 0.5) is 5.69 Å². The summed E-state index contributed by atoms with van der Waals surface area (Å²) in [5.74, 6) is -1.20. The van der Waals surface area contributed by atoms with Crippen LogP contribution in [0.15, 0.2) is 22.0 Å². The van der Waals surface area contributed by atoms with Crippen molar-refractivity contribution in [3.63, 3.8) is 0 Å². The van der Waals surface area contributed by atoms with Crippen molar-refractivity contribution >= 4 is 39.1 Å². The van der Waals surface area contributed by atoms with Crippen molar-refractivity contribution in [1.29, 1.82) is 0 Å².